The van der Waals surface area contributed by atoms with Crippen molar-refractivity contribution < 1.29 is 0 Å². The SMILES string of the molecule is CC1CCCC1C(C)N(C)C. The average Bonchev–Trinajstić information content (AvgIpc) is 2.33. The van der Waals surface area contributed by atoms with Crippen LogP contribution in [0.2, 0.25) is 0 Å². The van der Waals surface area contributed by atoms with E-state index in [1.165, 1.54) is 19.3 Å². The maximum atomic E-state index is 2.40. The molecule has 0 N–H and O–H groups in total. The van der Waals surface area contributed by atoms with E-state index in [1.807, 2.05) is 0 Å². The van der Waals surface area contributed by atoms with E-state index in [0.29, 0.717) is 0 Å². The Morgan fingerprint density at radius 1 is 1.27 bits per heavy atom. The molecule has 11 heavy (non-hydrogen) atoms. The van der Waals surface area contributed by atoms with E-state index in [0.717, 1.165) is 17.9 Å². The van der Waals surface area contributed by atoms with Crippen molar-refractivity contribution in [3.8, 4) is 0 Å². The molecule has 0 radical (unpaired) electrons. The number of hydrogen-bond acceptors (Lipinski definition) is 1. The predicted octanol–water partition coefficient (Wildman–Crippen LogP) is 2.37. The number of rotatable bonds is 2. The van der Waals surface area contributed by atoms with Gasteiger partial charge in [-0.05, 0) is 39.3 Å². The molecule has 1 aliphatic rings. The largest absolute Gasteiger partial charge is 0.306 e. The summed E-state index contributed by atoms with van der Waals surface area (Å²) in [6.45, 7) is 4.75. The lowest BCUT2D eigenvalue weighted by Gasteiger charge is -2.29. The lowest BCUT2D eigenvalue weighted by molar-refractivity contribution is 0.197. The van der Waals surface area contributed by atoms with Crippen LogP contribution in [-0.4, -0.2) is 25.0 Å². The number of hydrogen-bond donors (Lipinski definition) is 0. The molecule has 0 heterocycles. The van der Waals surface area contributed by atoms with E-state index in [9.17, 15) is 0 Å². The minimum Gasteiger partial charge on any atom is -0.306 e. The first-order valence-electron chi connectivity index (χ1n) is 4.79. The fourth-order valence-electron chi connectivity index (χ4n) is 2.27. The smallest absolute Gasteiger partial charge is 0.00916 e. The Hall–Kier alpha value is -0.0400. The van der Waals surface area contributed by atoms with Gasteiger partial charge in [-0.3, -0.25) is 0 Å². The quantitative estimate of drug-likeness (QED) is 0.592. The molecule has 1 heteroatoms. The molecule has 3 atom stereocenters. The van der Waals surface area contributed by atoms with Crippen molar-refractivity contribution in [3.05, 3.63) is 0 Å². The standard InChI is InChI=1S/C10H21N/c1-8-6-5-7-10(8)9(2)11(3)4/h8-10H,5-7H2,1-4H3. The van der Waals surface area contributed by atoms with Gasteiger partial charge in [0.25, 0.3) is 0 Å². The van der Waals surface area contributed by atoms with E-state index < -0.39 is 0 Å². The molecule has 1 aliphatic carbocycles. The normalized spacial score (nSPS) is 34.6. The minimum absolute atomic E-state index is 0.771. The van der Waals surface area contributed by atoms with E-state index in [2.05, 4.69) is 32.8 Å². The Morgan fingerprint density at radius 3 is 2.27 bits per heavy atom. The molecule has 0 bridgehead atoms. The van der Waals surface area contributed by atoms with E-state index in [1.54, 1.807) is 0 Å². The molecule has 0 aliphatic heterocycles. The first-order chi connectivity index (χ1) is 5.13. The highest BCUT2D eigenvalue weighted by molar-refractivity contribution is 4.81. The Bertz CT molecular complexity index is 120. The summed E-state index contributed by atoms with van der Waals surface area (Å²) in [5.74, 6) is 1.90. The number of nitrogens with zero attached hydrogens (tertiary/aromatic N) is 1. The van der Waals surface area contributed by atoms with Gasteiger partial charge in [-0.2, -0.15) is 0 Å². The lowest BCUT2D eigenvalue weighted by Crippen LogP contribution is -2.33. The van der Waals surface area contributed by atoms with Crippen molar-refractivity contribution in [2.24, 2.45) is 11.8 Å². The van der Waals surface area contributed by atoms with E-state index >= 15 is 0 Å². The molecule has 0 aromatic heterocycles. The average molecular weight is 155 g/mol. The third-order valence-electron chi connectivity index (χ3n) is 3.36. The van der Waals surface area contributed by atoms with Crippen molar-refractivity contribution in [1.82, 2.24) is 4.90 Å². The van der Waals surface area contributed by atoms with Crippen LogP contribution in [-0.2, 0) is 0 Å². The summed E-state index contributed by atoms with van der Waals surface area (Å²) in [5.41, 5.74) is 0. The molecule has 0 aromatic carbocycles. The van der Waals surface area contributed by atoms with Crippen LogP contribution < -0.4 is 0 Å². The van der Waals surface area contributed by atoms with Crippen molar-refractivity contribution >= 4 is 0 Å². The minimum atomic E-state index is 0.771. The highest BCUT2D eigenvalue weighted by Crippen LogP contribution is 2.34. The first-order valence-corrected chi connectivity index (χ1v) is 4.79. The summed E-state index contributed by atoms with van der Waals surface area (Å²) in [5, 5.41) is 0. The van der Waals surface area contributed by atoms with Gasteiger partial charge in [-0.15, -0.1) is 0 Å². The molecule has 3 unspecified atom stereocenters. The topological polar surface area (TPSA) is 3.24 Å². The Labute approximate surface area is 70.8 Å². The summed E-state index contributed by atoms with van der Waals surface area (Å²) in [6.07, 6.45) is 4.34. The van der Waals surface area contributed by atoms with Gasteiger partial charge in [0.15, 0.2) is 0 Å². The molecule has 0 aromatic rings. The fraction of sp³-hybridized carbons (Fsp3) is 1.00. The maximum absolute atomic E-state index is 2.40. The second-order valence-electron chi connectivity index (χ2n) is 4.28. The van der Waals surface area contributed by atoms with Crippen LogP contribution in [0.5, 0.6) is 0 Å². The summed E-state index contributed by atoms with van der Waals surface area (Å²) in [4.78, 5) is 2.35. The zero-order chi connectivity index (χ0) is 8.43. The first kappa shape index (κ1) is 9.05. The molecular formula is C10H21N. The second-order valence-corrected chi connectivity index (χ2v) is 4.28. The fourth-order valence-corrected chi connectivity index (χ4v) is 2.27. The lowest BCUT2D eigenvalue weighted by atomic mass is 9.91. The van der Waals surface area contributed by atoms with E-state index in [-0.39, 0.29) is 0 Å². The van der Waals surface area contributed by atoms with Gasteiger partial charge in [-0.25, -0.2) is 0 Å². The highest BCUT2D eigenvalue weighted by Gasteiger charge is 2.28. The summed E-state index contributed by atoms with van der Waals surface area (Å²) in [7, 11) is 4.38. The molecule has 1 rings (SSSR count). The van der Waals surface area contributed by atoms with Crippen molar-refractivity contribution in [3.63, 3.8) is 0 Å². The Balaban J connectivity index is 2.45. The van der Waals surface area contributed by atoms with Crippen LogP contribution in [0.4, 0.5) is 0 Å². The van der Waals surface area contributed by atoms with Crippen molar-refractivity contribution in [2.45, 2.75) is 39.2 Å². The third kappa shape index (κ3) is 1.96. The van der Waals surface area contributed by atoms with Gasteiger partial charge < -0.3 is 4.90 Å². The van der Waals surface area contributed by atoms with Gasteiger partial charge >= 0.3 is 0 Å². The van der Waals surface area contributed by atoms with Gasteiger partial charge in [0.05, 0.1) is 0 Å². The monoisotopic (exact) mass is 155 g/mol. The van der Waals surface area contributed by atoms with Crippen LogP contribution in [0.1, 0.15) is 33.1 Å². The third-order valence-corrected chi connectivity index (χ3v) is 3.36. The van der Waals surface area contributed by atoms with Gasteiger partial charge in [0.2, 0.25) is 0 Å². The van der Waals surface area contributed by atoms with Crippen LogP contribution in [0.15, 0.2) is 0 Å². The van der Waals surface area contributed by atoms with Crippen molar-refractivity contribution in [1.29, 1.82) is 0 Å². The second kappa shape index (κ2) is 3.57. The molecule has 0 amide bonds. The molecule has 66 valence electrons. The summed E-state index contributed by atoms with van der Waals surface area (Å²) < 4.78 is 0. The van der Waals surface area contributed by atoms with Gasteiger partial charge in [-0.1, -0.05) is 19.8 Å². The molecule has 0 saturated heterocycles. The van der Waals surface area contributed by atoms with Crippen LogP contribution >= 0.6 is 0 Å². The van der Waals surface area contributed by atoms with Crippen LogP contribution in [0, 0.1) is 11.8 Å². The maximum Gasteiger partial charge on any atom is 0.00916 e. The Kier molecular flexibility index (Phi) is 2.94. The van der Waals surface area contributed by atoms with Crippen LogP contribution in [0.3, 0.4) is 0 Å². The molecule has 1 nitrogen and oxygen atoms in total. The van der Waals surface area contributed by atoms with Crippen LogP contribution in [0.25, 0.3) is 0 Å². The van der Waals surface area contributed by atoms with Gasteiger partial charge in [0.1, 0.15) is 0 Å². The zero-order valence-electron chi connectivity index (χ0n) is 8.30. The molecule has 0 spiro atoms. The van der Waals surface area contributed by atoms with E-state index in [4.69, 9.17) is 0 Å². The molecule has 1 fully saturated rings. The summed E-state index contributed by atoms with van der Waals surface area (Å²) in [6, 6.07) is 0.771. The molecule has 1 saturated carbocycles. The molecular weight excluding hydrogens is 134 g/mol. The predicted molar refractivity (Wildman–Crippen MR) is 49.7 cm³/mol. The zero-order valence-corrected chi connectivity index (χ0v) is 8.30. The highest BCUT2D eigenvalue weighted by atomic mass is 15.1. The van der Waals surface area contributed by atoms with Crippen molar-refractivity contribution in [2.75, 3.05) is 14.1 Å². The summed E-state index contributed by atoms with van der Waals surface area (Å²) >= 11 is 0. The van der Waals surface area contributed by atoms with Gasteiger partial charge in [0, 0.05) is 6.04 Å². The Morgan fingerprint density at radius 2 is 1.91 bits per heavy atom.